The molecule has 2 heteroatoms. The molecule has 0 fully saturated rings. The lowest BCUT2D eigenvalue weighted by molar-refractivity contribution is -0.118. The molecule has 1 aliphatic carbocycles. The summed E-state index contributed by atoms with van der Waals surface area (Å²) in [4.78, 5) is 11.0. The first-order valence-electron chi connectivity index (χ1n) is 6.24. The summed E-state index contributed by atoms with van der Waals surface area (Å²) in [7, 11) is 0. The summed E-state index contributed by atoms with van der Waals surface area (Å²) < 4.78 is 0. The van der Waals surface area contributed by atoms with Crippen LogP contribution in [0.3, 0.4) is 0 Å². The van der Waals surface area contributed by atoms with Crippen molar-refractivity contribution < 1.29 is 4.79 Å². The van der Waals surface area contributed by atoms with Crippen LogP contribution in [0.15, 0.2) is 48.5 Å². The first kappa shape index (κ1) is 11.0. The standard InChI is InChI=1S/C16H15NO/c17-16(18)10-9-15-13-7-3-1-5-11(13)12-6-2-4-8-14(12)15/h1-8,15H,9-10H2,(H2,17,18). The number of nitrogens with two attached hydrogens (primary N) is 1. The average molecular weight is 237 g/mol. The van der Waals surface area contributed by atoms with Crippen molar-refractivity contribution in [3.63, 3.8) is 0 Å². The van der Waals surface area contributed by atoms with E-state index in [9.17, 15) is 4.79 Å². The van der Waals surface area contributed by atoms with Crippen LogP contribution >= 0.6 is 0 Å². The van der Waals surface area contributed by atoms with Gasteiger partial charge in [0.25, 0.3) is 0 Å². The molecule has 0 atom stereocenters. The molecular weight excluding hydrogens is 222 g/mol. The zero-order chi connectivity index (χ0) is 12.5. The number of carbonyl (C=O) groups excluding carboxylic acids is 1. The molecule has 0 spiro atoms. The van der Waals surface area contributed by atoms with Crippen LogP contribution < -0.4 is 5.73 Å². The summed E-state index contributed by atoms with van der Waals surface area (Å²) >= 11 is 0. The van der Waals surface area contributed by atoms with Gasteiger partial charge in [-0.15, -0.1) is 0 Å². The van der Waals surface area contributed by atoms with Crippen molar-refractivity contribution in [3.05, 3.63) is 59.7 Å². The monoisotopic (exact) mass is 237 g/mol. The maximum Gasteiger partial charge on any atom is 0.217 e. The summed E-state index contributed by atoms with van der Waals surface area (Å²) in [5.41, 5.74) is 10.5. The number of rotatable bonds is 3. The Morgan fingerprint density at radius 2 is 1.44 bits per heavy atom. The molecule has 3 rings (SSSR count). The van der Waals surface area contributed by atoms with Crippen LogP contribution in [0.25, 0.3) is 11.1 Å². The molecule has 2 nitrogen and oxygen atoms in total. The third kappa shape index (κ3) is 1.70. The number of amides is 1. The predicted molar refractivity (Wildman–Crippen MR) is 72.1 cm³/mol. The molecule has 0 unspecified atom stereocenters. The Morgan fingerprint density at radius 1 is 0.944 bits per heavy atom. The lowest BCUT2D eigenvalue weighted by Crippen LogP contribution is -2.11. The van der Waals surface area contributed by atoms with Gasteiger partial charge in [0.05, 0.1) is 0 Å². The minimum atomic E-state index is -0.225. The minimum Gasteiger partial charge on any atom is -0.370 e. The maximum absolute atomic E-state index is 11.0. The van der Waals surface area contributed by atoms with E-state index in [1.54, 1.807) is 0 Å². The Kier molecular flexibility index (Phi) is 2.63. The molecule has 0 radical (unpaired) electrons. The van der Waals surface area contributed by atoms with Gasteiger partial charge in [-0.1, -0.05) is 48.5 Å². The third-order valence-electron chi connectivity index (χ3n) is 3.64. The fourth-order valence-electron chi connectivity index (χ4n) is 2.86. The van der Waals surface area contributed by atoms with E-state index in [2.05, 4.69) is 48.5 Å². The van der Waals surface area contributed by atoms with Crippen LogP contribution in [0.2, 0.25) is 0 Å². The number of benzene rings is 2. The van der Waals surface area contributed by atoms with Crippen LogP contribution in [-0.4, -0.2) is 5.91 Å². The quantitative estimate of drug-likeness (QED) is 0.876. The van der Waals surface area contributed by atoms with Crippen molar-refractivity contribution in [2.45, 2.75) is 18.8 Å². The molecule has 2 aromatic rings. The number of fused-ring (bicyclic) bond motifs is 3. The van der Waals surface area contributed by atoms with Crippen molar-refractivity contribution in [1.82, 2.24) is 0 Å². The molecule has 0 saturated carbocycles. The second-order valence-corrected chi connectivity index (χ2v) is 4.73. The molecule has 90 valence electrons. The van der Waals surface area contributed by atoms with Crippen molar-refractivity contribution in [1.29, 1.82) is 0 Å². The van der Waals surface area contributed by atoms with Gasteiger partial charge in [-0.2, -0.15) is 0 Å². The predicted octanol–water partition coefficient (Wildman–Crippen LogP) is 3.06. The van der Waals surface area contributed by atoms with Crippen LogP contribution in [-0.2, 0) is 4.79 Å². The normalized spacial score (nSPS) is 13.1. The van der Waals surface area contributed by atoms with Gasteiger partial charge in [0.1, 0.15) is 0 Å². The highest BCUT2D eigenvalue weighted by Gasteiger charge is 2.27. The van der Waals surface area contributed by atoms with Gasteiger partial charge in [-0.25, -0.2) is 0 Å². The summed E-state index contributed by atoms with van der Waals surface area (Å²) in [5.74, 6) is 0.0850. The smallest absolute Gasteiger partial charge is 0.217 e. The minimum absolute atomic E-state index is 0.225. The van der Waals surface area contributed by atoms with E-state index < -0.39 is 0 Å². The fraction of sp³-hybridized carbons (Fsp3) is 0.188. The highest BCUT2D eigenvalue weighted by atomic mass is 16.1. The van der Waals surface area contributed by atoms with E-state index in [0.717, 1.165) is 6.42 Å². The van der Waals surface area contributed by atoms with Gasteiger partial charge in [0, 0.05) is 12.3 Å². The zero-order valence-corrected chi connectivity index (χ0v) is 10.1. The molecule has 0 saturated heterocycles. The molecule has 1 aliphatic rings. The van der Waals surface area contributed by atoms with E-state index in [1.807, 2.05) is 0 Å². The Balaban J connectivity index is 2.06. The second kappa shape index (κ2) is 4.30. The lowest BCUT2D eigenvalue weighted by Gasteiger charge is -2.12. The van der Waals surface area contributed by atoms with Crippen LogP contribution in [0, 0.1) is 0 Å². The Bertz CT molecular complexity index is 558. The topological polar surface area (TPSA) is 43.1 Å². The first-order valence-corrected chi connectivity index (χ1v) is 6.24. The number of carbonyl (C=O) groups is 1. The third-order valence-corrected chi connectivity index (χ3v) is 3.64. The molecule has 1 amide bonds. The molecular formula is C16H15NO. The molecule has 2 aromatic carbocycles. The number of hydrogen-bond acceptors (Lipinski definition) is 1. The molecule has 0 heterocycles. The Hall–Kier alpha value is -2.09. The molecule has 2 N–H and O–H groups in total. The zero-order valence-electron chi connectivity index (χ0n) is 10.1. The van der Waals surface area contributed by atoms with Crippen molar-refractivity contribution in [3.8, 4) is 11.1 Å². The van der Waals surface area contributed by atoms with Gasteiger partial charge < -0.3 is 5.73 Å². The van der Waals surface area contributed by atoms with Crippen molar-refractivity contribution >= 4 is 5.91 Å². The van der Waals surface area contributed by atoms with Crippen LogP contribution in [0.1, 0.15) is 29.9 Å². The first-order chi connectivity index (χ1) is 8.77. The van der Waals surface area contributed by atoms with Gasteiger partial charge in [0.15, 0.2) is 0 Å². The second-order valence-electron chi connectivity index (χ2n) is 4.73. The highest BCUT2D eigenvalue weighted by Crippen LogP contribution is 2.46. The maximum atomic E-state index is 11.0. The van der Waals surface area contributed by atoms with Gasteiger partial charge in [0.2, 0.25) is 5.91 Å². The highest BCUT2D eigenvalue weighted by molar-refractivity contribution is 5.79. The molecule has 0 aliphatic heterocycles. The van der Waals surface area contributed by atoms with Crippen molar-refractivity contribution in [2.75, 3.05) is 0 Å². The molecule has 18 heavy (non-hydrogen) atoms. The summed E-state index contributed by atoms with van der Waals surface area (Å²) in [6.45, 7) is 0. The fourth-order valence-corrected chi connectivity index (χ4v) is 2.86. The summed E-state index contributed by atoms with van der Waals surface area (Å²) in [5, 5.41) is 0. The van der Waals surface area contributed by atoms with E-state index in [4.69, 9.17) is 5.73 Å². The summed E-state index contributed by atoms with van der Waals surface area (Å²) in [6, 6.07) is 16.8. The van der Waals surface area contributed by atoms with Gasteiger partial charge >= 0.3 is 0 Å². The summed E-state index contributed by atoms with van der Waals surface area (Å²) in [6.07, 6.45) is 1.23. The van der Waals surface area contributed by atoms with E-state index in [-0.39, 0.29) is 5.91 Å². The van der Waals surface area contributed by atoms with Crippen LogP contribution in [0.5, 0.6) is 0 Å². The Morgan fingerprint density at radius 3 is 1.94 bits per heavy atom. The van der Waals surface area contributed by atoms with Gasteiger partial charge in [-0.05, 0) is 28.7 Å². The SMILES string of the molecule is NC(=O)CCC1c2ccccc2-c2ccccc21. The Labute approximate surface area is 106 Å². The average Bonchev–Trinajstić information content (AvgIpc) is 2.71. The van der Waals surface area contributed by atoms with E-state index >= 15 is 0 Å². The molecule has 0 aromatic heterocycles. The number of primary amides is 1. The van der Waals surface area contributed by atoms with E-state index in [0.29, 0.717) is 12.3 Å². The lowest BCUT2D eigenvalue weighted by atomic mass is 9.92. The van der Waals surface area contributed by atoms with Crippen LogP contribution in [0.4, 0.5) is 0 Å². The molecule has 0 bridgehead atoms. The van der Waals surface area contributed by atoms with Crippen molar-refractivity contribution in [2.24, 2.45) is 5.73 Å². The largest absolute Gasteiger partial charge is 0.370 e. The van der Waals surface area contributed by atoms with Gasteiger partial charge in [-0.3, -0.25) is 4.79 Å². The van der Waals surface area contributed by atoms with E-state index in [1.165, 1.54) is 22.3 Å². The number of hydrogen-bond donors (Lipinski definition) is 1.